The molecule has 3 N–H and O–H groups in total. The molecule has 1 saturated carbocycles. The molecule has 2 amide bonds. The van der Waals surface area contributed by atoms with E-state index in [2.05, 4.69) is 15.6 Å². The minimum Gasteiger partial charge on any atom is -0.481 e. The average Bonchev–Trinajstić information content (AvgIpc) is 2.78. The van der Waals surface area contributed by atoms with Gasteiger partial charge in [-0.25, -0.2) is 4.98 Å². The van der Waals surface area contributed by atoms with Gasteiger partial charge in [-0.3, -0.25) is 14.4 Å². The number of rotatable bonds is 8. The zero-order valence-electron chi connectivity index (χ0n) is 16.8. The van der Waals surface area contributed by atoms with Gasteiger partial charge in [-0.15, -0.1) is 0 Å². The van der Waals surface area contributed by atoms with Gasteiger partial charge in [0.05, 0.1) is 11.5 Å². The second kappa shape index (κ2) is 10.8. The third-order valence-electron chi connectivity index (χ3n) is 5.11. The summed E-state index contributed by atoms with van der Waals surface area (Å²) in [7, 11) is 0. The van der Waals surface area contributed by atoms with E-state index in [0.29, 0.717) is 47.7 Å². The van der Waals surface area contributed by atoms with Crippen LogP contribution in [0, 0.1) is 5.92 Å². The number of benzene rings is 1. The first-order chi connectivity index (χ1) is 14.9. The normalized spacial score (nSPS) is 18.1. The summed E-state index contributed by atoms with van der Waals surface area (Å²) >= 11 is 5.80. The largest absolute Gasteiger partial charge is 0.481 e. The number of ether oxygens (including phenoxy) is 1. The van der Waals surface area contributed by atoms with E-state index < -0.39 is 5.97 Å². The van der Waals surface area contributed by atoms with Crippen molar-refractivity contribution >= 4 is 29.4 Å². The summed E-state index contributed by atoms with van der Waals surface area (Å²) in [5.41, 5.74) is 0.873. The minimum absolute atomic E-state index is 0.0629. The number of aliphatic carboxylic acids is 1. The fourth-order valence-electron chi connectivity index (χ4n) is 3.34. The van der Waals surface area contributed by atoms with Gasteiger partial charge in [-0.05, 0) is 56.0 Å². The number of aromatic nitrogens is 1. The first-order valence-corrected chi connectivity index (χ1v) is 10.5. The Hall–Kier alpha value is -3.13. The van der Waals surface area contributed by atoms with Gasteiger partial charge in [0.2, 0.25) is 5.88 Å². The highest BCUT2D eigenvalue weighted by atomic mass is 35.5. The van der Waals surface area contributed by atoms with Gasteiger partial charge in [-0.1, -0.05) is 11.6 Å². The van der Waals surface area contributed by atoms with Crippen molar-refractivity contribution in [3.05, 3.63) is 58.7 Å². The molecule has 1 fully saturated rings. The summed E-state index contributed by atoms with van der Waals surface area (Å²) in [6.07, 6.45) is 3.89. The van der Waals surface area contributed by atoms with Crippen molar-refractivity contribution in [1.82, 2.24) is 15.6 Å². The van der Waals surface area contributed by atoms with Crippen molar-refractivity contribution in [3.8, 4) is 5.88 Å². The van der Waals surface area contributed by atoms with Crippen LogP contribution in [0.5, 0.6) is 5.88 Å². The highest BCUT2D eigenvalue weighted by molar-refractivity contribution is 6.30. The van der Waals surface area contributed by atoms with Crippen LogP contribution in [-0.4, -0.2) is 47.1 Å². The lowest BCUT2D eigenvalue weighted by atomic mass is 9.87. The Morgan fingerprint density at radius 1 is 0.935 bits per heavy atom. The maximum Gasteiger partial charge on any atom is 0.306 e. The first kappa shape index (κ1) is 22.6. The standard InChI is InChI=1S/C22H24ClN3O5/c23-17-6-1-14(2-7-17)20(27)24-11-12-25-21(28)16-5-10-19(26-13-16)31-18-8-3-15(4-9-18)22(29)30/h1-2,5-7,10,13,15,18H,3-4,8-9,11-12H2,(H,24,27)(H,25,28)(H,29,30)/t15-,18+. The van der Waals surface area contributed by atoms with Crippen LogP contribution < -0.4 is 15.4 Å². The molecule has 164 valence electrons. The van der Waals surface area contributed by atoms with Crippen molar-refractivity contribution in [2.75, 3.05) is 13.1 Å². The molecule has 0 atom stereocenters. The Labute approximate surface area is 185 Å². The van der Waals surface area contributed by atoms with E-state index in [9.17, 15) is 14.4 Å². The molecular weight excluding hydrogens is 422 g/mol. The monoisotopic (exact) mass is 445 g/mol. The molecule has 0 saturated heterocycles. The van der Waals surface area contributed by atoms with E-state index in [1.165, 1.54) is 6.20 Å². The van der Waals surface area contributed by atoms with Crippen LogP contribution in [-0.2, 0) is 4.79 Å². The van der Waals surface area contributed by atoms with Gasteiger partial charge >= 0.3 is 5.97 Å². The molecule has 0 unspecified atom stereocenters. The highest BCUT2D eigenvalue weighted by Gasteiger charge is 2.27. The number of pyridine rings is 1. The molecule has 31 heavy (non-hydrogen) atoms. The summed E-state index contributed by atoms with van der Waals surface area (Å²) in [6.45, 7) is 0.546. The Bertz CT molecular complexity index is 910. The zero-order valence-corrected chi connectivity index (χ0v) is 17.6. The number of carboxylic acid groups (broad SMARTS) is 1. The number of amides is 2. The fraction of sp³-hybridized carbons (Fsp3) is 0.364. The molecular formula is C22H24ClN3O5. The Balaban J connectivity index is 1.38. The molecule has 0 spiro atoms. The lowest BCUT2D eigenvalue weighted by Crippen LogP contribution is -2.34. The Morgan fingerprint density at radius 2 is 1.52 bits per heavy atom. The molecule has 1 aromatic heterocycles. The van der Waals surface area contributed by atoms with Crippen molar-refractivity contribution in [1.29, 1.82) is 0 Å². The van der Waals surface area contributed by atoms with E-state index >= 15 is 0 Å². The smallest absolute Gasteiger partial charge is 0.306 e. The Morgan fingerprint density at radius 3 is 2.06 bits per heavy atom. The molecule has 1 aromatic carbocycles. The molecule has 8 nitrogen and oxygen atoms in total. The van der Waals surface area contributed by atoms with Crippen molar-refractivity contribution in [2.45, 2.75) is 31.8 Å². The molecule has 1 aliphatic carbocycles. The maximum absolute atomic E-state index is 12.2. The SMILES string of the molecule is O=C(NCCNC(=O)c1ccc(O[C@H]2CC[C@@H](C(=O)O)CC2)nc1)c1ccc(Cl)cc1. The van der Waals surface area contributed by atoms with Gasteiger partial charge in [0.1, 0.15) is 6.10 Å². The summed E-state index contributed by atoms with van der Waals surface area (Å²) < 4.78 is 5.80. The number of nitrogens with one attached hydrogen (secondary N) is 2. The van der Waals surface area contributed by atoms with E-state index in [1.807, 2.05) is 0 Å². The van der Waals surface area contributed by atoms with E-state index in [-0.39, 0.29) is 36.9 Å². The number of halogens is 1. The van der Waals surface area contributed by atoms with Crippen molar-refractivity contribution < 1.29 is 24.2 Å². The van der Waals surface area contributed by atoms with E-state index in [1.54, 1.807) is 36.4 Å². The van der Waals surface area contributed by atoms with E-state index in [0.717, 1.165) is 0 Å². The van der Waals surface area contributed by atoms with Gasteiger partial charge < -0.3 is 20.5 Å². The van der Waals surface area contributed by atoms with Crippen LogP contribution in [0.2, 0.25) is 5.02 Å². The number of hydrogen-bond donors (Lipinski definition) is 3. The molecule has 9 heteroatoms. The van der Waals surface area contributed by atoms with Crippen LogP contribution >= 0.6 is 11.6 Å². The number of carbonyl (C=O) groups is 3. The topological polar surface area (TPSA) is 118 Å². The van der Waals surface area contributed by atoms with Crippen molar-refractivity contribution in [3.63, 3.8) is 0 Å². The van der Waals surface area contributed by atoms with Crippen LogP contribution in [0.1, 0.15) is 46.4 Å². The second-order valence-electron chi connectivity index (χ2n) is 7.33. The molecule has 0 aliphatic heterocycles. The molecule has 0 bridgehead atoms. The molecule has 3 rings (SSSR count). The summed E-state index contributed by atoms with van der Waals surface area (Å²) in [5, 5.41) is 15.0. The van der Waals surface area contributed by atoms with Crippen LogP contribution in [0.25, 0.3) is 0 Å². The third-order valence-corrected chi connectivity index (χ3v) is 5.36. The predicted octanol–water partition coefficient (Wildman–Crippen LogP) is 2.92. The Kier molecular flexibility index (Phi) is 7.83. The zero-order chi connectivity index (χ0) is 22.2. The summed E-state index contributed by atoms with van der Waals surface area (Å²) in [6, 6.07) is 9.78. The molecule has 2 aromatic rings. The van der Waals surface area contributed by atoms with Crippen LogP contribution in [0.15, 0.2) is 42.6 Å². The van der Waals surface area contributed by atoms with Crippen molar-refractivity contribution in [2.24, 2.45) is 5.92 Å². The van der Waals surface area contributed by atoms with Gasteiger partial charge in [0.15, 0.2) is 0 Å². The first-order valence-electron chi connectivity index (χ1n) is 10.1. The number of nitrogens with zero attached hydrogens (tertiary/aromatic N) is 1. The lowest BCUT2D eigenvalue weighted by molar-refractivity contribution is -0.143. The van der Waals surface area contributed by atoms with Gasteiger partial charge in [-0.2, -0.15) is 0 Å². The van der Waals surface area contributed by atoms with E-state index in [4.69, 9.17) is 21.4 Å². The molecule has 1 aliphatic rings. The third kappa shape index (κ3) is 6.68. The van der Waals surface area contributed by atoms with Gasteiger partial charge in [0, 0.05) is 35.9 Å². The molecule has 1 heterocycles. The van der Waals surface area contributed by atoms with Crippen LogP contribution in [0.3, 0.4) is 0 Å². The number of carboxylic acids is 1. The number of carbonyl (C=O) groups excluding carboxylic acids is 2. The summed E-state index contributed by atoms with van der Waals surface area (Å²) in [4.78, 5) is 39.4. The van der Waals surface area contributed by atoms with Gasteiger partial charge in [0.25, 0.3) is 11.8 Å². The highest BCUT2D eigenvalue weighted by Crippen LogP contribution is 2.27. The summed E-state index contributed by atoms with van der Waals surface area (Å²) in [5.74, 6) is -1.19. The predicted molar refractivity (Wildman–Crippen MR) is 114 cm³/mol. The lowest BCUT2D eigenvalue weighted by Gasteiger charge is -2.26. The van der Waals surface area contributed by atoms with Crippen LogP contribution in [0.4, 0.5) is 0 Å². The average molecular weight is 446 g/mol. The maximum atomic E-state index is 12.2. The number of hydrogen-bond acceptors (Lipinski definition) is 5. The second-order valence-corrected chi connectivity index (χ2v) is 7.77. The fourth-order valence-corrected chi connectivity index (χ4v) is 3.47. The minimum atomic E-state index is -0.753. The molecule has 0 radical (unpaired) electrons. The quantitative estimate of drug-likeness (QED) is 0.538.